The first-order valence-corrected chi connectivity index (χ1v) is 12.3. The molecule has 0 atom stereocenters. The molecule has 0 saturated heterocycles. The van der Waals surface area contributed by atoms with E-state index in [9.17, 15) is 5.26 Å². The lowest BCUT2D eigenvalue weighted by Gasteiger charge is -2.12. The summed E-state index contributed by atoms with van der Waals surface area (Å²) in [5.41, 5.74) is 3.76. The lowest BCUT2D eigenvalue weighted by Crippen LogP contribution is -1.97. The van der Waals surface area contributed by atoms with E-state index >= 15 is 0 Å². The van der Waals surface area contributed by atoms with Crippen LogP contribution in [0.1, 0.15) is 11.1 Å². The van der Waals surface area contributed by atoms with E-state index in [0.717, 1.165) is 35.6 Å². The van der Waals surface area contributed by atoms with Crippen molar-refractivity contribution in [2.75, 3.05) is 0 Å². The van der Waals surface area contributed by atoms with Gasteiger partial charge in [0, 0.05) is 4.47 Å². The highest BCUT2D eigenvalue weighted by Crippen LogP contribution is 2.37. The summed E-state index contributed by atoms with van der Waals surface area (Å²) in [6.45, 7) is 0.449. The molecule has 0 aliphatic rings. The number of halogens is 3. The molecular weight excluding hydrogens is 606 g/mol. The van der Waals surface area contributed by atoms with E-state index < -0.39 is 0 Å². The summed E-state index contributed by atoms with van der Waals surface area (Å²) in [6.07, 6.45) is 1.83. The number of ether oxygens (including phenoxy) is 1. The summed E-state index contributed by atoms with van der Waals surface area (Å²) in [5.74, 6) is 0.712. The van der Waals surface area contributed by atoms with Gasteiger partial charge < -0.3 is 9.72 Å². The summed E-state index contributed by atoms with van der Waals surface area (Å²) < 4.78 is 8.63. The van der Waals surface area contributed by atoms with Gasteiger partial charge in [-0.2, -0.15) is 5.26 Å². The number of nitrogens with one attached hydrogen (secondary N) is 1. The monoisotopic (exact) mass is 617 g/mol. The van der Waals surface area contributed by atoms with Crippen molar-refractivity contribution in [3.8, 4) is 11.8 Å². The van der Waals surface area contributed by atoms with E-state index in [1.807, 2.05) is 66.7 Å². The van der Waals surface area contributed by atoms with Gasteiger partial charge in [-0.05, 0) is 97.2 Å². The second kappa shape index (κ2) is 10.0. The van der Waals surface area contributed by atoms with Crippen molar-refractivity contribution in [3.63, 3.8) is 0 Å². The highest BCUT2D eigenvalue weighted by Gasteiger charge is 2.11. The molecule has 3 aromatic carbocycles. The van der Waals surface area contributed by atoms with E-state index in [2.05, 4.69) is 63.8 Å². The van der Waals surface area contributed by atoms with Crippen molar-refractivity contribution in [2.45, 2.75) is 11.8 Å². The number of fused-ring (bicyclic) bond motifs is 1. The maximum absolute atomic E-state index is 9.61. The number of nitrogens with zero attached hydrogens (tertiary/aromatic N) is 2. The fourth-order valence-electron chi connectivity index (χ4n) is 2.85. The van der Waals surface area contributed by atoms with Gasteiger partial charge in [0.1, 0.15) is 18.4 Å². The molecule has 4 aromatic rings. The van der Waals surface area contributed by atoms with Crippen LogP contribution in [-0.4, -0.2) is 9.97 Å². The van der Waals surface area contributed by atoms with Crippen LogP contribution in [-0.2, 0) is 6.61 Å². The first-order valence-electron chi connectivity index (χ1n) is 9.12. The van der Waals surface area contributed by atoms with Gasteiger partial charge in [0.05, 0.1) is 24.9 Å². The Morgan fingerprint density at radius 2 is 1.77 bits per heavy atom. The largest absolute Gasteiger partial charge is 0.487 e. The molecular formula is C23H14Br3N3OS. The first-order chi connectivity index (χ1) is 15.0. The van der Waals surface area contributed by atoms with Crippen molar-refractivity contribution >= 4 is 76.7 Å². The molecule has 1 N–H and O–H groups in total. The van der Waals surface area contributed by atoms with Crippen LogP contribution in [0.5, 0.6) is 5.75 Å². The van der Waals surface area contributed by atoms with Gasteiger partial charge in [-0.15, -0.1) is 0 Å². The molecule has 0 bridgehead atoms. The number of thioether (sulfide) groups is 1. The third-order valence-electron chi connectivity index (χ3n) is 4.30. The predicted molar refractivity (Wildman–Crippen MR) is 136 cm³/mol. The summed E-state index contributed by atoms with van der Waals surface area (Å²) in [6, 6.07) is 21.9. The van der Waals surface area contributed by atoms with E-state index in [4.69, 9.17) is 4.74 Å². The van der Waals surface area contributed by atoms with Crippen LogP contribution in [0.25, 0.3) is 17.1 Å². The van der Waals surface area contributed by atoms with E-state index in [1.165, 1.54) is 11.8 Å². The zero-order valence-electron chi connectivity index (χ0n) is 15.9. The summed E-state index contributed by atoms with van der Waals surface area (Å²) >= 11 is 11.9. The lowest BCUT2D eigenvalue weighted by atomic mass is 10.2. The van der Waals surface area contributed by atoms with Crippen LogP contribution in [0, 0.1) is 11.3 Å². The van der Waals surface area contributed by atoms with Gasteiger partial charge in [-0.25, -0.2) is 4.98 Å². The lowest BCUT2D eigenvalue weighted by molar-refractivity contribution is 0.302. The Hall–Kier alpha value is -2.05. The SMILES string of the molecule is N#C/C(=C\c1cc(Br)c(OCc2ccc(Br)cc2)c(Br)c1)Sc1nc2ccccc2[nH]1. The Kier molecular flexibility index (Phi) is 7.18. The summed E-state index contributed by atoms with van der Waals surface area (Å²) in [4.78, 5) is 8.29. The molecule has 0 amide bonds. The number of H-pyrrole nitrogens is 1. The molecule has 0 aliphatic heterocycles. The average Bonchev–Trinajstić information content (AvgIpc) is 3.16. The Morgan fingerprint density at radius 3 is 2.45 bits per heavy atom. The second-order valence-electron chi connectivity index (χ2n) is 6.51. The van der Waals surface area contributed by atoms with Crippen LogP contribution < -0.4 is 4.74 Å². The van der Waals surface area contributed by atoms with Gasteiger partial charge in [-0.1, -0.05) is 40.2 Å². The fraction of sp³-hybridized carbons (Fsp3) is 0.0435. The molecule has 0 aliphatic carbocycles. The molecule has 154 valence electrons. The molecule has 0 unspecified atom stereocenters. The number of para-hydroxylation sites is 2. The first kappa shape index (κ1) is 22.2. The normalized spacial score (nSPS) is 11.5. The molecule has 31 heavy (non-hydrogen) atoms. The standard InChI is InChI=1S/C23H14Br3N3OS/c24-16-7-5-14(6-8-16)13-30-22-18(25)10-15(11-19(22)26)9-17(12-27)31-23-28-20-3-1-2-4-21(20)29-23/h1-11H,13H2,(H,28,29)/b17-9+. The van der Waals surface area contributed by atoms with Crippen LogP contribution in [0.2, 0.25) is 0 Å². The molecule has 1 heterocycles. The minimum atomic E-state index is 0.449. The van der Waals surface area contributed by atoms with Crippen LogP contribution >= 0.6 is 59.6 Å². The van der Waals surface area contributed by atoms with Crippen molar-refractivity contribution in [1.82, 2.24) is 9.97 Å². The summed E-state index contributed by atoms with van der Waals surface area (Å²) in [5, 5.41) is 10.3. The second-order valence-corrected chi connectivity index (χ2v) is 10.2. The number of benzene rings is 3. The average molecular weight is 620 g/mol. The zero-order valence-corrected chi connectivity index (χ0v) is 21.5. The molecule has 4 rings (SSSR count). The Labute approximate surface area is 209 Å². The van der Waals surface area contributed by atoms with E-state index in [0.29, 0.717) is 22.4 Å². The van der Waals surface area contributed by atoms with E-state index in [1.54, 1.807) is 0 Å². The van der Waals surface area contributed by atoms with Gasteiger partial charge in [0.15, 0.2) is 5.16 Å². The van der Waals surface area contributed by atoms with Crippen molar-refractivity contribution < 1.29 is 4.74 Å². The van der Waals surface area contributed by atoms with Gasteiger partial charge >= 0.3 is 0 Å². The molecule has 0 saturated carbocycles. The van der Waals surface area contributed by atoms with Crippen LogP contribution in [0.15, 0.2) is 84.1 Å². The number of aromatic nitrogens is 2. The number of imidazole rings is 1. The third kappa shape index (κ3) is 5.60. The number of nitriles is 1. The molecule has 4 nitrogen and oxygen atoms in total. The number of rotatable bonds is 6. The number of aromatic amines is 1. The number of hydrogen-bond donors (Lipinski definition) is 1. The summed E-state index contributed by atoms with van der Waals surface area (Å²) in [7, 11) is 0. The zero-order chi connectivity index (χ0) is 21.8. The molecule has 1 aromatic heterocycles. The smallest absolute Gasteiger partial charge is 0.171 e. The topological polar surface area (TPSA) is 61.7 Å². The molecule has 0 spiro atoms. The Balaban J connectivity index is 1.52. The van der Waals surface area contributed by atoms with Gasteiger partial charge in [-0.3, -0.25) is 0 Å². The van der Waals surface area contributed by atoms with Crippen LogP contribution in [0.4, 0.5) is 0 Å². The van der Waals surface area contributed by atoms with Crippen molar-refractivity contribution in [3.05, 3.63) is 90.1 Å². The van der Waals surface area contributed by atoms with E-state index in [-0.39, 0.29) is 0 Å². The number of hydrogen-bond acceptors (Lipinski definition) is 4. The van der Waals surface area contributed by atoms with Gasteiger partial charge in [0.2, 0.25) is 0 Å². The maximum atomic E-state index is 9.61. The van der Waals surface area contributed by atoms with Crippen LogP contribution in [0.3, 0.4) is 0 Å². The van der Waals surface area contributed by atoms with Crippen molar-refractivity contribution in [1.29, 1.82) is 5.26 Å². The molecule has 0 radical (unpaired) electrons. The minimum absolute atomic E-state index is 0.449. The third-order valence-corrected chi connectivity index (χ3v) is 6.82. The Morgan fingerprint density at radius 1 is 1.06 bits per heavy atom. The molecule has 8 heteroatoms. The van der Waals surface area contributed by atoms with Crippen molar-refractivity contribution in [2.24, 2.45) is 0 Å². The fourth-order valence-corrected chi connectivity index (χ4v) is 5.32. The minimum Gasteiger partial charge on any atom is -0.487 e. The Bertz CT molecular complexity index is 1250. The highest BCUT2D eigenvalue weighted by atomic mass is 79.9. The number of allylic oxidation sites excluding steroid dienone is 1. The predicted octanol–water partition coefficient (Wildman–Crippen LogP) is 8.09. The quantitative estimate of drug-likeness (QED) is 0.175. The maximum Gasteiger partial charge on any atom is 0.171 e. The van der Waals surface area contributed by atoms with Gasteiger partial charge in [0.25, 0.3) is 0 Å². The molecule has 0 fully saturated rings. The highest BCUT2D eigenvalue weighted by molar-refractivity contribution is 9.11.